The highest BCUT2D eigenvalue weighted by atomic mass is 16.7. The summed E-state index contributed by atoms with van der Waals surface area (Å²) in [5.41, 5.74) is -0.480. The molecule has 2 aliphatic heterocycles. The lowest BCUT2D eigenvalue weighted by atomic mass is 9.83. The second-order valence-corrected chi connectivity index (χ2v) is 4.81. The minimum absolute atomic E-state index is 0.0110. The molecule has 0 aromatic carbocycles. The molecule has 3 aliphatic rings. The van der Waals surface area contributed by atoms with Crippen LogP contribution in [0.15, 0.2) is 0 Å². The molecule has 2 saturated heterocycles. The number of methoxy groups -OCH3 is 2. The highest BCUT2D eigenvalue weighted by Gasteiger charge is 2.76. The van der Waals surface area contributed by atoms with Crippen molar-refractivity contribution >= 4 is 0 Å². The molecule has 0 bridgehead atoms. The maximum atomic E-state index is 9.54. The smallest absolute Gasteiger partial charge is 0.163 e. The second kappa shape index (κ2) is 3.65. The average Bonchev–Trinajstić information content (AvgIpc) is 2.99. The Labute approximate surface area is 94.6 Å². The maximum absolute atomic E-state index is 9.54. The summed E-state index contributed by atoms with van der Waals surface area (Å²) in [6.07, 6.45) is 0.747. The van der Waals surface area contributed by atoms with Gasteiger partial charge in [-0.25, -0.2) is 0 Å². The Morgan fingerprint density at radius 1 is 1.38 bits per heavy atom. The summed E-state index contributed by atoms with van der Waals surface area (Å²) in [6.45, 7) is 0.704. The summed E-state index contributed by atoms with van der Waals surface area (Å²) in [5, 5.41) is 9.54. The molecule has 0 spiro atoms. The van der Waals surface area contributed by atoms with Gasteiger partial charge in [-0.15, -0.1) is 0 Å². The van der Waals surface area contributed by atoms with Crippen LogP contribution in [-0.4, -0.2) is 56.6 Å². The van der Waals surface area contributed by atoms with Crippen LogP contribution in [0, 0.1) is 11.8 Å². The molecule has 3 fully saturated rings. The zero-order valence-corrected chi connectivity index (χ0v) is 9.59. The van der Waals surface area contributed by atoms with E-state index in [1.54, 1.807) is 14.2 Å². The van der Waals surface area contributed by atoms with E-state index in [0.29, 0.717) is 12.5 Å². The quantitative estimate of drug-likeness (QED) is 0.679. The Morgan fingerprint density at radius 3 is 2.81 bits per heavy atom. The van der Waals surface area contributed by atoms with E-state index in [9.17, 15) is 5.11 Å². The Bertz CT molecular complexity index is 284. The van der Waals surface area contributed by atoms with Crippen molar-refractivity contribution in [1.82, 2.24) is 0 Å². The number of ether oxygens (including phenoxy) is 4. The number of rotatable bonds is 3. The molecule has 16 heavy (non-hydrogen) atoms. The molecule has 0 radical (unpaired) electrons. The van der Waals surface area contributed by atoms with Crippen LogP contribution in [0.5, 0.6) is 0 Å². The molecule has 2 heterocycles. The second-order valence-electron chi connectivity index (χ2n) is 4.81. The lowest BCUT2D eigenvalue weighted by Crippen LogP contribution is -2.46. The van der Waals surface area contributed by atoms with E-state index < -0.39 is 5.60 Å². The Morgan fingerprint density at radius 2 is 2.19 bits per heavy atom. The van der Waals surface area contributed by atoms with Crippen LogP contribution in [0.2, 0.25) is 0 Å². The largest absolute Gasteiger partial charge is 0.393 e. The monoisotopic (exact) mass is 230 g/mol. The minimum Gasteiger partial charge on any atom is -0.393 e. The molecule has 92 valence electrons. The van der Waals surface area contributed by atoms with Crippen molar-refractivity contribution in [2.24, 2.45) is 11.8 Å². The van der Waals surface area contributed by atoms with Crippen LogP contribution < -0.4 is 0 Å². The minimum atomic E-state index is -0.480. The summed E-state index contributed by atoms with van der Waals surface area (Å²) < 4.78 is 22.1. The zero-order valence-electron chi connectivity index (χ0n) is 9.59. The SMILES string of the molecule is CO[C@@H]1OCC[C@H]2[C@H](OC)[C@@H]3O[C@]3(CO)[C@@H]12. The molecule has 6 atom stereocenters. The maximum Gasteiger partial charge on any atom is 0.163 e. The van der Waals surface area contributed by atoms with Crippen molar-refractivity contribution in [2.45, 2.75) is 30.5 Å². The molecular weight excluding hydrogens is 212 g/mol. The first-order valence-electron chi connectivity index (χ1n) is 5.74. The fraction of sp³-hybridized carbons (Fsp3) is 1.00. The molecule has 5 nitrogen and oxygen atoms in total. The van der Waals surface area contributed by atoms with Crippen molar-refractivity contribution in [3.8, 4) is 0 Å². The molecular formula is C11H18O5. The van der Waals surface area contributed by atoms with Crippen LogP contribution in [0.3, 0.4) is 0 Å². The van der Waals surface area contributed by atoms with Crippen molar-refractivity contribution in [3.05, 3.63) is 0 Å². The molecule has 3 rings (SSSR count). The highest BCUT2D eigenvalue weighted by Crippen LogP contribution is 2.60. The van der Waals surface area contributed by atoms with Crippen molar-refractivity contribution in [2.75, 3.05) is 27.4 Å². The van der Waals surface area contributed by atoms with Gasteiger partial charge in [-0.05, 0) is 6.42 Å². The summed E-state index contributed by atoms with van der Waals surface area (Å²) >= 11 is 0. The summed E-state index contributed by atoms with van der Waals surface area (Å²) in [4.78, 5) is 0. The van der Waals surface area contributed by atoms with Crippen molar-refractivity contribution < 1.29 is 24.1 Å². The van der Waals surface area contributed by atoms with E-state index in [-0.39, 0.29) is 31.0 Å². The van der Waals surface area contributed by atoms with Crippen LogP contribution in [0.25, 0.3) is 0 Å². The van der Waals surface area contributed by atoms with E-state index in [1.165, 1.54) is 0 Å². The number of aliphatic hydroxyl groups excluding tert-OH is 1. The highest BCUT2D eigenvalue weighted by molar-refractivity contribution is 5.21. The Kier molecular flexibility index (Phi) is 2.49. The predicted octanol–water partition coefficient (Wildman–Crippen LogP) is -0.230. The van der Waals surface area contributed by atoms with Gasteiger partial charge in [-0.1, -0.05) is 0 Å². The third-order valence-corrected chi connectivity index (χ3v) is 4.29. The van der Waals surface area contributed by atoms with E-state index in [0.717, 1.165) is 6.42 Å². The van der Waals surface area contributed by atoms with Gasteiger partial charge in [0.2, 0.25) is 0 Å². The number of aliphatic hydroxyl groups is 1. The fourth-order valence-electron chi connectivity index (χ4n) is 3.55. The van der Waals surface area contributed by atoms with E-state index in [1.807, 2.05) is 0 Å². The number of fused-ring (bicyclic) bond motifs is 3. The molecule has 0 amide bonds. The molecule has 0 aromatic heterocycles. The topological polar surface area (TPSA) is 60.5 Å². The van der Waals surface area contributed by atoms with Gasteiger partial charge in [0.25, 0.3) is 0 Å². The molecule has 0 unspecified atom stereocenters. The van der Waals surface area contributed by atoms with Crippen LogP contribution >= 0.6 is 0 Å². The summed E-state index contributed by atoms with van der Waals surface area (Å²) in [7, 11) is 3.34. The lowest BCUT2D eigenvalue weighted by Gasteiger charge is -2.38. The fourth-order valence-corrected chi connectivity index (χ4v) is 3.55. The van der Waals surface area contributed by atoms with Crippen molar-refractivity contribution in [1.29, 1.82) is 0 Å². The number of hydrogen-bond donors (Lipinski definition) is 1. The van der Waals surface area contributed by atoms with Gasteiger partial charge in [0.1, 0.15) is 11.7 Å². The standard InChI is InChI=1S/C11H18O5/c1-13-8-6-3-4-15-10(14-2)7(6)11(5-12)9(8)16-11/h6-10,12H,3-5H2,1-2H3/t6-,7-,8+,9+,10-,11-/m1/s1. The van der Waals surface area contributed by atoms with Crippen LogP contribution in [-0.2, 0) is 18.9 Å². The molecule has 1 aliphatic carbocycles. The van der Waals surface area contributed by atoms with E-state index >= 15 is 0 Å². The van der Waals surface area contributed by atoms with Gasteiger partial charge in [0.15, 0.2) is 6.29 Å². The van der Waals surface area contributed by atoms with Gasteiger partial charge in [0, 0.05) is 26.1 Å². The van der Waals surface area contributed by atoms with Crippen LogP contribution in [0.1, 0.15) is 6.42 Å². The Hall–Kier alpha value is -0.200. The van der Waals surface area contributed by atoms with E-state index in [2.05, 4.69) is 0 Å². The van der Waals surface area contributed by atoms with Gasteiger partial charge in [-0.2, -0.15) is 0 Å². The summed E-state index contributed by atoms with van der Waals surface area (Å²) in [6, 6.07) is 0. The number of epoxide rings is 1. The van der Waals surface area contributed by atoms with Gasteiger partial charge < -0.3 is 24.1 Å². The summed E-state index contributed by atoms with van der Waals surface area (Å²) in [5.74, 6) is 0.459. The first-order valence-corrected chi connectivity index (χ1v) is 5.74. The van der Waals surface area contributed by atoms with Gasteiger partial charge in [0.05, 0.1) is 19.3 Å². The zero-order chi connectivity index (χ0) is 11.3. The molecule has 1 N–H and O–H groups in total. The lowest BCUT2D eigenvalue weighted by molar-refractivity contribution is -0.221. The number of hydrogen-bond acceptors (Lipinski definition) is 5. The first kappa shape index (κ1) is 10.9. The predicted molar refractivity (Wildman–Crippen MR) is 53.8 cm³/mol. The molecule has 0 aromatic rings. The first-order chi connectivity index (χ1) is 7.78. The normalized spacial score (nSPS) is 54.6. The third-order valence-electron chi connectivity index (χ3n) is 4.29. The van der Waals surface area contributed by atoms with Gasteiger partial charge >= 0.3 is 0 Å². The molecule has 5 heteroatoms. The third kappa shape index (κ3) is 1.18. The molecule has 1 saturated carbocycles. The van der Waals surface area contributed by atoms with E-state index in [4.69, 9.17) is 18.9 Å². The average molecular weight is 230 g/mol. The van der Waals surface area contributed by atoms with Crippen molar-refractivity contribution in [3.63, 3.8) is 0 Å². The Balaban J connectivity index is 1.90. The van der Waals surface area contributed by atoms with Crippen LogP contribution in [0.4, 0.5) is 0 Å². The van der Waals surface area contributed by atoms with Gasteiger partial charge in [-0.3, -0.25) is 0 Å².